The molecule has 1 unspecified atom stereocenters. The number of piperidine rings is 1. The van der Waals surface area contributed by atoms with Crippen molar-refractivity contribution < 1.29 is 0 Å². The molecule has 1 aromatic carbocycles. The summed E-state index contributed by atoms with van der Waals surface area (Å²) in [5.41, 5.74) is 4.24. The highest BCUT2D eigenvalue weighted by Crippen LogP contribution is 2.24. The summed E-state index contributed by atoms with van der Waals surface area (Å²) in [6.07, 6.45) is 3.99. The van der Waals surface area contributed by atoms with Crippen LogP contribution in [0.15, 0.2) is 18.2 Å². The summed E-state index contributed by atoms with van der Waals surface area (Å²) in [6.45, 7) is 5.54. The second-order valence-electron chi connectivity index (χ2n) is 4.42. The van der Waals surface area contributed by atoms with Gasteiger partial charge >= 0.3 is 0 Å². The van der Waals surface area contributed by atoms with E-state index in [1.165, 1.54) is 42.5 Å². The van der Waals surface area contributed by atoms with Crippen LogP contribution in [0.25, 0.3) is 0 Å². The van der Waals surface area contributed by atoms with Gasteiger partial charge < -0.3 is 5.32 Å². The Morgan fingerprint density at radius 2 is 1.79 bits per heavy atom. The zero-order valence-corrected chi connectivity index (χ0v) is 9.14. The quantitative estimate of drug-likeness (QED) is 0.715. The molecule has 0 amide bonds. The Kier molecular flexibility index (Phi) is 2.87. The van der Waals surface area contributed by atoms with Crippen LogP contribution in [0.4, 0.5) is 0 Å². The first-order valence-corrected chi connectivity index (χ1v) is 5.57. The first-order chi connectivity index (χ1) is 6.75. The topological polar surface area (TPSA) is 12.0 Å². The van der Waals surface area contributed by atoms with E-state index in [9.17, 15) is 0 Å². The molecular formula is C13H19N. The lowest BCUT2D eigenvalue weighted by Gasteiger charge is -2.24. The fourth-order valence-electron chi connectivity index (χ4n) is 2.35. The van der Waals surface area contributed by atoms with Crippen LogP contribution in [0, 0.1) is 13.8 Å². The third-order valence-corrected chi connectivity index (χ3v) is 2.96. The van der Waals surface area contributed by atoms with Gasteiger partial charge in [-0.3, -0.25) is 0 Å². The van der Waals surface area contributed by atoms with E-state index in [2.05, 4.69) is 37.4 Å². The molecule has 1 aromatic rings. The molecule has 0 spiro atoms. The Morgan fingerprint density at radius 3 is 2.36 bits per heavy atom. The normalized spacial score (nSPS) is 22.3. The van der Waals surface area contributed by atoms with Crippen molar-refractivity contribution in [3.63, 3.8) is 0 Å². The van der Waals surface area contributed by atoms with Gasteiger partial charge in [-0.25, -0.2) is 0 Å². The minimum absolute atomic E-state index is 0.599. The largest absolute Gasteiger partial charge is 0.310 e. The van der Waals surface area contributed by atoms with Crippen molar-refractivity contribution in [1.29, 1.82) is 0 Å². The molecule has 1 fully saturated rings. The van der Waals surface area contributed by atoms with E-state index in [1.807, 2.05) is 0 Å². The maximum Gasteiger partial charge on any atom is 0.0320 e. The van der Waals surface area contributed by atoms with Gasteiger partial charge in [0.05, 0.1) is 0 Å². The molecule has 0 aliphatic carbocycles. The standard InChI is InChI=1S/C13H19N/c1-10-7-11(2)9-12(8-10)13-5-3-4-6-14-13/h7-9,13-14H,3-6H2,1-2H3. The fraction of sp³-hybridized carbons (Fsp3) is 0.538. The second kappa shape index (κ2) is 4.14. The fourth-order valence-corrected chi connectivity index (χ4v) is 2.35. The third kappa shape index (κ3) is 2.16. The van der Waals surface area contributed by atoms with Gasteiger partial charge in [0, 0.05) is 6.04 Å². The van der Waals surface area contributed by atoms with E-state index in [0.29, 0.717) is 6.04 Å². The highest BCUT2D eigenvalue weighted by atomic mass is 14.9. The Labute approximate surface area is 86.5 Å². The molecule has 1 aliphatic rings. The van der Waals surface area contributed by atoms with Gasteiger partial charge in [0.25, 0.3) is 0 Å². The first kappa shape index (κ1) is 9.72. The summed E-state index contributed by atoms with van der Waals surface area (Å²) < 4.78 is 0. The molecular weight excluding hydrogens is 170 g/mol. The molecule has 0 saturated carbocycles. The molecule has 1 atom stereocenters. The van der Waals surface area contributed by atoms with Crippen molar-refractivity contribution in [3.8, 4) is 0 Å². The smallest absolute Gasteiger partial charge is 0.0320 e. The SMILES string of the molecule is Cc1cc(C)cc(C2CCCCN2)c1. The molecule has 0 radical (unpaired) electrons. The molecule has 0 aromatic heterocycles. The average molecular weight is 189 g/mol. The average Bonchev–Trinajstić information content (AvgIpc) is 2.18. The minimum Gasteiger partial charge on any atom is -0.310 e. The highest BCUT2D eigenvalue weighted by Gasteiger charge is 2.14. The summed E-state index contributed by atoms with van der Waals surface area (Å²) >= 11 is 0. The number of aryl methyl sites for hydroxylation is 2. The Hall–Kier alpha value is -0.820. The Morgan fingerprint density at radius 1 is 1.07 bits per heavy atom. The van der Waals surface area contributed by atoms with Crippen LogP contribution >= 0.6 is 0 Å². The molecule has 2 rings (SSSR count). The van der Waals surface area contributed by atoms with E-state index in [4.69, 9.17) is 0 Å². The van der Waals surface area contributed by atoms with Crippen LogP contribution in [0.2, 0.25) is 0 Å². The molecule has 1 heterocycles. The van der Waals surface area contributed by atoms with Crippen LogP contribution in [0.5, 0.6) is 0 Å². The maximum absolute atomic E-state index is 3.59. The van der Waals surface area contributed by atoms with Crippen molar-refractivity contribution in [2.45, 2.75) is 39.2 Å². The van der Waals surface area contributed by atoms with Gasteiger partial charge in [0.15, 0.2) is 0 Å². The second-order valence-corrected chi connectivity index (χ2v) is 4.42. The molecule has 0 bridgehead atoms. The van der Waals surface area contributed by atoms with Crippen LogP contribution in [0.3, 0.4) is 0 Å². The highest BCUT2D eigenvalue weighted by molar-refractivity contribution is 5.30. The van der Waals surface area contributed by atoms with Crippen LogP contribution in [0.1, 0.15) is 42.0 Å². The van der Waals surface area contributed by atoms with Gasteiger partial charge in [-0.2, -0.15) is 0 Å². The summed E-state index contributed by atoms with van der Waals surface area (Å²) in [5, 5.41) is 3.59. The van der Waals surface area contributed by atoms with Crippen molar-refractivity contribution >= 4 is 0 Å². The molecule has 1 saturated heterocycles. The Balaban J connectivity index is 2.21. The number of hydrogen-bond acceptors (Lipinski definition) is 1. The van der Waals surface area contributed by atoms with Crippen LogP contribution < -0.4 is 5.32 Å². The van der Waals surface area contributed by atoms with E-state index >= 15 is 0 Å². The summed E-state index contributed by atoms with van der Waals surface area (Å²) in [6, 6.07) is 7.47. The van der Waals surface area contributed by atoms with Crippen molar-refractivity contribution in [2.24, 2.45) is 0 Å². The summed E-state index contributed by atoms with van der Waals surface area (Å²) in [4.78, 5) is 0. The lowest BCUT2D eigenvalue weighted by Crippen LogP contribution is -2.26. The maximum atomic E-state index is 3.59. The first-order valence-electron chi connectivity index (χ1n) is 5.57. The number of nitrogens with one attached hydrogen (secondary N) is 1. The predicted molar refractivity (Wildman–Crippen MR) is 60.5 cm³/mol. The van der Waals surface area contributed by atoms with E-state index in [-0.39, 0.29) is 0 Å². The number of benzene rings is 1. The van der Waals surface area contributed by atoms with Crippen molar-refractivity contribution in [2.75, 3.05) is 6.54 Å². The zero-order chi connectivity index (χ0) is 9.97. The number of hydrogen-bond donors (Lipinski definition) is 1. The molecule has 1 aliphatic heterocycles. The van der Waals surface area contributed by atoms with E-state index in [0.717, 1.165) is 0 Å². The minimum atomic E-state index is 0.599. The molecule has 1 N–H and O–H groups in total. The summed E-state index contributed by atoms with van der Waals surface area (Å²) in [7, 11) is 0. The molecule has 1 nitrogen and oxygen atoms in total. The van der Waals surface area contributed by atoms with Gasteiger partial charge in [-0.15, -0.1) is 0 Å². The van der Waals surface area contributed by atoms with Gasteiger partial charge in [0.1, 0.15) is 0 Å². The monoisotopic (exact) mass is 189 g/mol. The van der Waals surface area contributed by atoms with Crippen molar-refractivity contribution in [1.82, 2.24) is 5.32 Å². The van der Waals surface area contributed by atoms with Gasteiger partial charge in [0.2, 0.25) is 0 Å². The molecule has 14 heavy (non-hydrogen) atoms. The van der Waals surface area contributed by atoms with Crippen LogP contribution in [-0.2, 0) is 0 Å². The Bertz CT molecular complexity index is 291. The lowest BCUT2D eigenvalue weighted by atomic mass is 9.95. The van der Waals surface area contributed by atoms with Crippen LogP contribution in [-0.4, -0.2) is 6.54 Å². The summed E-state index contributed by atoms with van der Waals surface area (Å²) in [5.74, 6) is 0. The number of rotatable bonds is 1. The van der Waals surface area contributed by atoms with Gasteiger partial charge in [-0.05, 0) is 38.8 Å². The predicted octanol–water partition coefficient (Wildman–Crippen LogP) is 3.12. The lowest BCUT2D eigenvalue weighted by molar-refractivity contribution is 0.412. The van der Waals surface area contributed by atoms with Crippen molar-refractivity contribution in [3.05, 3.63) is 34.9 Å². The van der Waals surface area contributed by atoms with E-state index in [1.54, 1.807) is 0 Å². The van der Waals surface area contributed by atoms with Gasteiger partial charge in [-0.1, -0.05) is 35.7 Å². The zero-order valence-electron chi connectivity index (χ0n) is 9.14. The molecule has 76 valence electrons. The third-order valence-electron chi connectivity index (χ3n) is 2.96. The molecule has 1 heteroatoms. The van der Waals surface area contributed by atoms with E-state index < -0.39 is 0 Å².